The zero-order chi connectivity index (χ0) is 15.9. The molecule has 0 aliphatic carbocycles. The minimum atomic E-state index is -0.240. The molecule has 0 atom stereocenters. The average Bonchev–Trinajstić information content (AvgIpc) is 2.51. The molecular weight excluding hydrogens is 366 g/mol. The first-order valence-corrected chi connectivity index (χ1v) is 8.26. The van der Waals surface area contributed by atoms with Crippen LogP contribution in [0.5, 0.6) is 5.75 Å². The van der Waals surface area contributed by atoms with E-state index in [1.54, 1.807) is 18.2 Å². The summed E-state index contributed by atoms with van der Waals surface area (Å²) in [6, 6.07) is 12.5. The summed E-state index contributed by atoms with van der Waals surface area (Å²) in [7, 11) is 0. The zero-order valence-electron chi connectivity index (χ0n) is 12.2. The minimum absolute atomic E-state index is 0.240. The van der Waals surface area contributed by atoms with Crippen molar-refractivity contribution in [1.82, 2.24) is 0 Å². The highest BCUT2D eigenvalue weighted by Gasteiger charge is 2.14. The van der Waals surface area contributed by atoms with Gasteiger partial charge in [-0.25, -0.2) is 0 Å². The van der Waals surface area contributed by atoms with Crippen LogP contribution in [0.15, 0.2) is 46.9 Å². The predicted molar refractivity (Wildman–Crippen MR) is 94.0 cm³/mol. The van der Waals surface area contributed by atoms with Crippen LogP contribution in [0.25, 0.3) is 0 Å². The van der Waals surface area contributed by atoms with E-state index in [0.717, 1.165) is 17.3 Å². The molecule has 5 heteroatoms. The quantitative estimate of drug-likeness (QED) is 0.667. The van der Waals surface area contributed by atoms with Crippen LogP contribution in [0.2, 0.25) is 5.02 Å². The van der Waals surface area contributed by atoms with E-state index in [4.69, 9.17) is 16.3 Å². The molecule has 0 heterocycles. The van der Waals surface area contributed by atoms with Crippen LogP contribution in [0.1, 0.15) is 30.1 Å². The fraction of sp³-hybridized carbons (Fsp3) is 0.235. The molecule has 22 heavy (non-hydrogen) atoms. The Morgan fingerprint density at radius 2 is 1.95 bits per heavy atom. The summed E-state index contributed by atoms with van der Waals surface area (Å²) in [5.74, 6) is 0.309. The van der Waals surface area contributed by atoms with E-state index in [9.17, 15) is 4.79 Å². The Bertz CT molecular complexity index is 644. The van der Waals surface area contributed by atoms with Crippen LogP contribution in [-0.2, 0) is 0 Å². The van der Waals surface area contributed by atoms with Gasteiger partial charge in [-0.3, -0.25) is 4.79 Å². The van der Waals surface area contributed by atoms with Gasteiger partial charge in [0.25, 0.3) is 5.91 Å². The topological polar surface area (TPSA) is 38.3 Å². The SMILES string of the molecule is CCCCOc1ccc(Cl)cc1C(=O)Nc1ccc(Br)cc1. The number of halogens is 2. The van der Waals surface area contributed by atoms with Crippen LogP contribution in [0, 0.1) is 0 Å². The smallest absolute Gasteiger partial charge is 0.259 e. The first-order chi connectivity index (χ1) is 10.6. The summed E-state index contributed by atoms with van der Waals surface area (Å²) in [6.45, 7) is 2.67. The summed E-state index contributed by atoms with van der Waals surface area (Å²) in [5, 5.41) is 3.35. The van der Waals surface area contributed by atoms with Crippen molar-refractivity contribution in [2.45, 2.75) is 19.8 Å². The number of nitrogens with one attached hydrogen (secondary N) is 1. The largest absolute Gasteiger partial charge is 0.493 e. The molecule has 0 unspecified atom stereocenters. The third kappa shape index (κ3) is 4.75. The molecule has 2 rings (SSSR count). The molecule has 2 aromatic rings. The summed E-state index contributed by atoms with van der Waals surface area (Å²) >= 11 is 9.37. The van der Waals surface area contributed by atoms with Crippen molar-refractivity contribution in [3.63, 3.8) is 0 Å². The maximum atomic E-state index is 12.4. The molecule has 0 saturated carbocycles. The Labute approximate surface area is 143 Å². The summed E-state index contributed by atoms with van der Waals surface area (Å²) in [4.78, 5) is 12.4. The van der Waals surface area contributed by atoms with E-state index in [-0.39, 0.29) is 5.91 Å². The fourth-order valence-electron chi connectivity index (χ4n) is 1.86. The van der Waals surface area contributed by atoms with Gasteiger partial charge in [0.2, 0.25) is 0 Å². The zero-order valence-corrected chi connectivity index (χ0v) is 14.6. The Balaban J connectivity index is 2.16. The van der Waals surface area contributed by atoms with Gasteiger partial charge < -0.3 is 10.1 Å². The van der Waals surface area contributed by atoms with Crippen molar-refractivity contribution in [2.24, 2.45) is 0 Å². The van der Waals surface area contributed by atoms with Crippen LogP contribution in [0.3, 0.4) is 0 Å². The third-order valence-corrected chi connectivity index (χ3v) is 3.81. The second-order valence-electron chi connectivity index (χ2n) is 4.80. The standard InChI is InChI=1S/C17H17BrClNO2/c1-2-3-10-22-16-9-6-13(19)11-15(16)17(21)20-14-7-4-12(18)5-8-14/h4-9,11H,2-3,10H2,1H3,(H,20,21). The number of hydrogen-bond acceptors (Lipinski definition) is 2. The van der Waals surface area contributed by atoms with Crippen molar-refractivity contribution in [2.75, 3.05) is 11.9 Å². The molecule has 2 aromatic carbocycles. The highest BCUT2D eigenvalue weighted by molar-refractivity contribution is 9.10. The van der Waals surface area contributed by atoms with Crippen molar-refractivity contribution in [3.05, 3.63) is 57.5 Å². The monoisotopic (exact) mass is 381 g/mol. The Kier molecular flexibility index (Phi) is 6.28. The Hall–Kier alpha value is -1.52. The molecule has 0 radical (unpaired) electrons. The third-order valence-electron chi connectivity index (χ3n) is 3.04. The number of benzene rings is 2. The highest BCUT2D eigenvalue weighted by Crippen LogP contribution is 2.25. The van der Waals surface area contributed by atoms with Crippen LogP contribution >= 0.6 is 27.5 Å². The van der Waals surface area contributed by atoms with Crippen LogP contribution in [0.4, 0.5) is 5.69 Å². The normalized spacial score (nSPS) is 10.3. The first-order valence-electron chi connectivity index (χ1n) is 7.09. The van der Waals surface area contributed by atoms with Gasteiger partial charge in [0.05, 0.1) is 12.2 Å². The van der Waals surface area contributed by atoms with Crippen molar-refractivity contribution in [1.29, 1.82) is 0 Å². The Morgan fingerprint density at radius 3 is 2.64 bits per heavy atom. The van der Waals surface area contributed by atoms with Gasteiger partial charge in [0, 0.05) is 15.2 Å². The number of rotatable bonds is 6. The van der Waals surface area contributed by atoms with Crippen molar-refractivity contribution in [3.8, 4) is 5.75 Å². The van der Waals surface area contributed by atoms with E-state index in [2.05, 4.69) is 28.2 Å². The number of carbonyl (C=O) groups is 1. The summed E-state index contributed by atoms with van der Waals surface area (Å²) < 4.78 is 6.64. The predicted octanol–water partition coefficient (Wildman–Crippen LogP) is 5.53. The average molecular weight is 383 g/mol. The summed E-state index contributed by atoms with van der Waals surface area (Å²) in [5.41, 5.74) is 1.15. The van der Waals surface area contributed by atoms with Gasteiger partial charge in [-0.1, -0.05) is 40.9 Å². The van der Waals surface area contributed by atoms with E-state index in [1.807, 2.05) is 24.3 Å². The Morgan fingerprint density at radius 1 is 1.23 bits per heavy atom. The molecule has 0 bridgehead atoms. The number of unbranched alkanes of at least 4 members (excludes halogenated alkanes) is 1. The van der Waals surface area contributed by atoms with Gasteiger partial charge in [0.15, 0.2) is 0 Å². The van der Waals surface area contributed by atoms with E-state index in [1.165, 1.54) is 0 Å². The fourth-order valence-corrected chi connectivity index (χ4v) is 2.30. The number of ether oxygens (including phenoxy) is 1. The lowest BCUT2D eigenvalue weighted by Crippen LogP contribution is -2.14. The van der Waals surface area contributed by atoms with Gasteiger partial charge in [-0.05, 0) is 48.9 Å². The van der Waals surface area contributed by atoms with Gasteiger partial charge in [-0.15, -0.1) is 0 Å². The lowest BCUT2D eigenvalue weighted by Gasteiger charge is -2.12. The maximum Gasteiger partial charge on any atom is 0.259 e. The second-order valence-corrected chi connectivity index (χ2v) is 6.16. The van der Waals surface area contributed by atoms with E-state index < -0.39 is 0 Å². The molecule has 0 aromatic heterocycles. The molecule has 0 spiro atoms. The van der Waals surface area contributed by atoms with Gasteiger partial charge in [0.1, 0.15) is 5.75 Å². The molecule has 0 fully saturated rings. The minimum Gasteiger partial charge on any atom is -0.493 e. The number of anilines is 1. The summed E-state index contributed by atoms with van der Waals surface area (Å²) in [6.07, 6.45) is 1.98. The molecule has 0 aliphatic heterocycles. The van der Waals surface area contributed by atoms with Crippen LogP contribution in [-0.4, -0.2) is 12.5 Å². The molecule has 116 valence electrons. The van der Waals surface area contributed by atoms with Crippen molar-refractivity contribution < 1.29 is 9.53 Å². The van der Waals surface area contributed by atoms with Gasteiger partial charge in [-0.2, -0.15) is 0 Å². The molecule has 1 amide bonds. The molecule has 0 saturated heterocycles. The van der Waals surface area contributed by atoms with Crippen LogP contribution < -0.4 is 10.1 Å². The second kappa shape index (κ2) is 8.20. The molecule has 0 aliphatic rings. The molecular formula is C17H17BrClNO2. The van der Waals surface area contributed by atoms with Crippen molar-refractivity contribution >= 4 is 39.1 Å². The first kappa shape index (κ1) is 16.8. The van der Waals surface area contributed by atoms with E-state index in [0.29, 0.717) is 28.6 Å². The number of carbonyl (C=O) groups excluding carboxylic acids is 1. The lowest BCUT2D eigenvalue weighted by atomic mass is 10.1. The lowest BCUT2D eigenvalue weighted by molar-refractivity contribution is 0.102. The highest BCUT2D eigenvalue weighted by atomic mass is 79.9. The number of amides is 1. The number of hydrogen-bond donors (Lipinski definition) is 1. The van der Waals surface area contributed by atoms with Gasteiger partial charge >= 0.3 is 0 Å². The maximum absolute atomic E-state index is 12.4. The molecule has 3 nitrogen and oxygen atoms in total. The van der Waals surface area contributed by atoms with E-state index >= 15 is 0 Å². The molecule has 1 N–H and O–H groups in total.